The molecule has 0 fully saturated rings. The summed E-state index contributed by atoms with van der Waals surface area (Å²) < 4.78 is 0. The first-order valence-corrected chi connectivity index (χ1v) is 5.98. The topological polar surface area (TPSA) is 54.8 Å². The predicted molar refractivity (Wildman–Crippen MR) is 74.9 cm³/mol. The molecule has 0 N–H and O–H groups in total. The molecule has 0 unspecified atom stereocenters. The molecule has 0 amide bonds. The lowest BCUT2D eigenvalue weighted by Crippen LogP contribution is -2.14. The quantitative estimate of drug-likeness (QED) is 0.698. The summed E-state index contributed by atoms with van der Waals surface area (Å²) in [5.74, 6) is 1.04. The monoisotopic (exact) mass is 251 g/mol. The second kappa shape index (κ2) is 4.61. The van der Waals surface area contributed by atoms with Gasteiger partial charge in [0.05, 0.1) is 0 Å². The number of nitrogens with zero attached hydrogens (tertiary/aromatic N) is 5. The Labute approximate surface area is 110 Å². The molecule has 0 aliphatic carbocycles. The lowest BCUT2D eigenvalue weighted by molar-refractivity contribution is 0.830. The van der Waals surface area contributed by atoms with E-state index in [-0.39, 0.29) is 0 Å². The molecule has 0 aliphatic rings. The van der Waals surface area contributed by atoms with Gasteiger partial charge in [-0.3, -0.25) is 0 Å². The van der Waals surface area contributed by atoms with Crippen LogP contribution in [0.4, 0.5) is 5.95 Å². The van der Waals surface area contributed by atoms with Gasteiger partial charge in [0.15, 0.2) is 0 Å². The van der Waals surface area contributed by atoms with Crippen LogP contribution in [0.5, 0.6) is 0 Å². The number of aromatic nitrogens is 4. The van der Waals surface area contributed by atoms with Crippen molar-refractivity contribution in [1.82, 2.24) is 20.4 Å². The fourth-order valence-corrected chi connectivity index (χ4v) is 1.85. The van der Waals surface area contributed by atoms with Crippen LogP contribution < -0.4 is 4.90 Å². The SMILES string of the molecule is CN(C)c1nnc(-c2ccc3ccccc3c2)nn1. The number of fused-ring (bicyclic) bond motifs is 1. The van der Waals surface area contributed by atoms with Crippen molar-refractivity contribution in [2.75, 3.05) is 19.0 Å². The summed E-state index contributed by atoms with van der Waals surface area (Å²) in [6.07, 6.45) is 0. The standard InChI is InChI=1S/C14H13N5/c1-19(2)14-17-15-13(16-18-14)12-8-7-10-5-3-4-6-11(10)9-12/h3-9H,1-2H3. The van der Waals surface area contributed by atoms with Crippen LogP contribution in [0.15, 0.2) is 42.5 Å². The molecule has 3 aromatic rings. The molecular weight excluding hydrogens is 238 g/mol. The van der Waals surface area contributed by atoms with Gasteiger partial charge in [0.1, 0.15) is 0 Å². The van der Waals surface area contributed by atoms with E-state index in [0.717, 1.165) is 10.9 Å². The summed E-state index contributed by atoms with van der Waals surface area (Å²) >= 11 is 0. The highest BCUT2D eigenvalue weighted by Crippen LogP contribution is 2.21. The minimum Gasteiger partial charge on any atom is -0.344 e. The predicted octanol–water partition coefficient (Wildman–Crippen LogP) is 2.15. The van der Waals surface area contributed by atoms with E-state index in [2.05, 4.69) is 32.5 Å². The van der Waals surface area contributed by atoms with E-state index < -0.39 is 0 Å². The number of rotatable bonds is 2. The van der Waals surface area contributed by atoms with Gasteiger partial charge in [0.25, 0.3) is 5.95 Å². The van der Waals surface area contributed by atoms with E-state index in [1.807, 2.05) is 44.4 Å². The van der Waals surface area contributed by atoms with Gasteiger partial charge in [0, 0.05) is 19.7 Å². The van der Waals surface area contributed by atoms with Crippen LogP contribution in [0, 0.1) is 0 Å². The van der Waals surface area contributed by atoms with Gasteiger partial charge < -0.3 is 4.90 Å². The van der Waals surface area contributed by atoms with E-state index in [1.165, 1.54) is 5.39 Å². The molecule has 5 nitrogen and oxygen atoms in total. The van der Waals surface area contributed by atoms with Crippen molar-refractivity contribution < 1.29 is 0 Å². The van der Waals surface area contributed by atoms with Crippen LogP contribution in [0.3, 0.4) is 0 Å². The summed E-state index contributed by atoms with van der Waals surface area (Å²) in [4.78, 5) is 1.77. The Morgan fingerprint density at radius 3 is 2.16 bits per heavy atom. The number of hydrogen-bond acceptors (Lipinski definition) is 5. The molecule has 94 valence electrons. The zero-order valence-electron chi connectivity index (χ0n) is 10.8. The average molecular weight is 251 g/mol. The van der Waals surface area contributed by atoms with Crippen LogP contribution in [-0.4, -0.2) is 34.5 Å². The van der Waals surface area contributed by atoms with Gasteiger partial charge in [-0.1, -0.05) is 36.4 Å². The summed E-state index contributed by atoms with van der Waals surface area (Å²) in [7, 11) is 3.71. The Hall–Kier alpha value is -2.56. The van der Waals surface area contributed by atoms with Crippen molar-refractivity contribution in [3.63, 3.8) is 0 Å². The van der Waals surface area contributed by atoms with E-state index in [1.54, 1.807) is 4.90 Å². The minimum absolute atomic E-state index is 0.504. The lowest BCUT2D eigenvalue weighted by atomic mass is 10.1. The molecule has 5 heteroatoms. The third kappa shape index (κ3) is 2.22. The molecule has 3 rings (SSSR count). The highest BCUT2D eigenvalue weighted by molar-refractivity contribution is 5.86. The highest BCUT2D eigenvalue weighted by Gasteiger charge is 2.06. The summed E-state index contributed by atoms with van der Waals surface area (Å²) in [6, 6.07) is 14.2. The number of anilines is 1. The van der Waals surface area contributed by atoms with Gasteiger partial charge in [0.2, 0.25) is 5.82 Å². The van der Waals surface area contributed by atoms with Crippen molar-refractivity contribution in [3.8, 4) is 11.4 Å². The van der Waals surface area contributed by atoms with Crippen molar-refractivity contribution in [1.29, 1.82) is 0 Å². The van der Waals surface area contributed by atoms with Gasteiger partial charge in [-0.25, -0.2) is 0 Å². The summed E-state index contributed by atoms with van der Waals surface area (Å²) in [5.41, 5.74) is 0.920. The molecule has 1 heterocycles. The van der Waals surface area contributed by atoms with Crippen molar-refractivity contribution in [2.45, 2.75) is 0 Å². The van der Waals surface area contributed by atoms with Gasteiger partial charge >= 0.3 is 0 Å². The maximum absolute atomic E-state index is 4.11. The fraction of sp³-hybridized carbons (Fsp3) is 0.143. The highest BCUT2D eigenvalue weighted by atomic mass is 15.4. The number of benzene rings is 2. The van der Waals surface area contributed by atoms with E-state index in [0.29, 0.717) is 11.8 Å². The van der Waals surface area contributed by atoms with Crippen molar-refractivity contribution in [3.05, 3.63) is 42.5 Å². The molecule has 0 saturated carbocycles. The van der Waals surface area contributed by atoms with Crippen LogP contribution >= 0.6 is 0 Å². The zero-order valence-corrected chi connectivity index (χ0v) is 10.8. The van der Waals surface area contributed by atoms with Gasteiger partial charge in [-0.05, 0) is 16.8 Å². The molecule has 0 aliphatic heterocycles. The Morgan fingerprint density at radius 1 is 0.789 bits per heavy atom. The maximum Gasteiger partial charge on any atom is 0.264 e. The summed E-state index contributed by atoms with van der Waals surface area (Å²) in [6.45, 7) is 0. The molecular formula is C14H13N5. The molecule has 1 aromatic heterocycles. The second-order valence-corrected chi connectivity index (χ2v) is 4.48. The smallest absolute Gasteiger partial charge is 0.264 e. The van der Waals surface area contributed by atoms with Crippen LogP contribution in [-0.2, 0) is 0 Å². The minimum atomic E-state index is 0.504. The fourth-order valence-electron chi connectivity index (χ4n) is 1.85. The maximum atomic E-state index is 4.11. The van der Waals surface area contributed by atoms with Gasteiger partial charge in [-0.15, -0.1) is 20.4 Å². The molecule has 0 bridgehead atoms. The second-order valence-electron chi connectivity index (χ2n) is 4.48. The molecule has 2 aromatic carbocycles. The Balaban J connectivity index is 2.03. The van der Waals surface area contributed by atoms with Crippen LogP contribution in [0.25, 0.3) is 22.2 Å². The molecule has 0 saturated heterocycles. The Bertz CT molecular complexity index is 706. The third-order valence-corrected chi connectivity index (χ3v) is 2.88. The summed E-state index contributed by atoms with van der Waals surface area (Å²) in [5, 5.41) is 18.6. The Kier molecular flexibility index (Phi) is 2.79. The largest absolute Gasteiger partial charge is 0.344 e. The first-order chi connectivity index (χ1) is 9.24. The van der Waals surface area contributed by atoms with E-state index in [9.17, 15) is 0 Å². The average Bonchev–Trinajstić information content (AvgIpc) is 2.47. The molecule has 0 spiro atoms. The lowest BCUT2D eigenvalue weighted by Gasteiger charge is -2.07. The van der Waals surface area contributed by atoms with Crippen molar-refractivity contribution in [2.24, 2.45) is 0 Å². The number of hydrogen-bond donors (Lipinski definition) is 0. The van der Waals surface area contributed by atoms with E-state index >= 15 is 0 Å². The first kappa shape index (κ1) is 11.5. The third-order valence-electron chi connectivity index (χ3n) is 2.88. The van der Waals surface area contributed by atoms with Gasteiger partial charge in [-0.2, -0.15) is 0 Å². The van der Waals surface area contributed by atoms with E-state index in [4.69, 9.17) is 0 Å². The Morgan fingerprint density at radius 2 is 1.47 bits per heavy atom. The molecule has 0 radical (unpaired) electrons. The van der Waals surface area contributed by atoms with Crippen LogP contribution in [0.1, 0.15) is 0 Å². The van der Waals surface area contributed by atoms with Crippen LogP contribution in [0.2, 0.25) is 0 Å². The molecule has 0 atom stereocenters. The first-order valence-electron chi connectivity index (χ1n) is 5.98. The van der Waals surface area contributed by atoms with Crippen molar-refractivity contribution >= 4 is 16.7 Å². The normalized spacial score (nSPS) is 10.6. The molecule has 19 heavy (non-hydrogen) atoms. The zero-order chi connectivity index (χ0) is 13.2.